The Hall–Kier alpha value is -2.24. The molecule has 1 aromatic rings. The van der Waals surface area contributed by atoms with Crippen molar-refractivity contribution >= 4 is 17.7 Å². The summed E-state index contributed by atoms with van der Waals surface area (Å²) < 4.78 is 0. The molecule has 24 heavy (non-hydrogen) atoms. The summed E-state index contributed by atoms with van der Waals surface area (Å²) in [5.74, 6) is -0.795. The van der Waals surface area contributed by atoms with E-state index in [1.165, 1.54) is 5.69 Å². The number of amides is 2. The van der Waals surface area contributed by atoms with Crippen molar-refractivity contribution in [3.63, 3.8) is 0 Å². The summed E-state index contributed by atoms with van der Waals surface area (Å²) in [6.07, 6.45) is 2.79. The highest BCUT2D eigenvalue weighted by atomic mass is 16.4. The predicted octanol–water partition coefficient (Wildman–Crippen LogP) is 2.02. The number of carboxylic acids is 1. The Morgan fingerprint density at radius 2 is 1.92 bits per heavy atom. The van der Waals surface area contributed by atoms with E-state index < -0.39 is 11.9 Å². The van der Waals surface area contributed by atoms with E-state index in [1.807, 2.05) is 18.2 Å². The standard InChI is InChI=1S/C18H25N3O3/c22-17(23)15-8-10-21(13-15)18(24)19-11-14-5-4-9-20(12-14)16-6-2-1-3-7-16/h1-3,6-7,14-15H,4-5,8-13H2,(H,19,24)(H,22,23). The second kappa shape index (κ2) is 7.55. The number of benzene rings is 1. The van der Waals surface area contributed by atoms with Crippen LogP contribution in [0.2, 0.25) is 0 Å². The number of carboxylic acid groups (broad SMARTS) is 1. The van der Waals surface area contributed by atoms with Crippen molar-refractivity contribution in [3.05, 3.63) is 30.3 Å². The fourth-order valence-electron chi connectivity index (χ4n) is 3.59. The van der Waals surface area contributed by atoms with E-state index in [1.54, 1.807) is 4.90 Å². The molecule has 2 aliphatic rings. The largest absolute Gasteiger partial charge is 0.481 e. The molecule has 0 aliphatic carbocycles. The van der Waals surface area contributed by atoms with E-state index in [0.29, 0.717) is 32.0 Å². The number of anilines is 1. The lowest BCUT2D eigenvalue weighted by Crippen LogP contribution is -2.44. The van der Waals surface area contributed by atoms with Crippen LogP contribution in [0.3, 0.4) is 0 Å². The second-order valence-electron chi connectivity index (χ2n) is 6.75. The van der Waals surface area contributed by atoms with Gasteiger partial charge < -0.3 is 20.2 Å². The van der Waals surface area contributed by atoms with Gasteiger partial charge in [0.05, 0.1) is 5.92 Å². The number of piperidine rings is 1. The van der Waals surface area contributed by atoms with Crippen LogP contribution in [-0.2, 0) is 4.79 Å². The molecular formula is C18H25N3O3. The van der Waals surface area contributed by atoms with Crippen LogP contribution in [0.25, 0.3) is 0 Å². The molecule has 2 unspecified atom stereocenters. The summed E-state index contributed by atoms with van der Waals surface area (Å²) in [7, 11) is 0. The Kier molecular flexibility index (Phi) is 5.23. The Morgan fingerprint density at radius 3 is 2.62 bits per heavy atom. The highest BCUT2D eigenvalue weighted by Gasteiger charge is 2.31. The van der Waals surface area contributed by atoms with Gasteiger partial charge in [-0.15, -0.1) is 0 Å². The molecule has 2 aliphatic heterocycles. The predicted molar refractivity (Wildman–Crippen MR) is 92.1 cm³/mol. The van der Waals surface area contributed by atoms with E-state index >= 15 is 0 Å². The number of urea groups is 1. The lowest BCUT2D eigenvalue weighted by molar-refractivity contribution is -0.141. The highest BCUT2D eigenvalue weighted by Crippen LogP contribution is 2.22. The summed E-state index contributed by atoms with van der Waals surface area (Å²) in [5.41, 5.74) is 1.23. The molecule has 6 heteroatoms. The van der Waals surface area contributed by atoms with Gasteiger partial charge in [0, 0.05) is 38.4 Å². The molecule has 0 spiro atoms. The van der Waals surface area contributed by atoms with Gasteiger partial charge in [-0.2, -0.15) is 0 Å². The van der Waals surface area contributed by atoms with Crippen molar-refractivity contribution in [2.24, 2.45) is 11.8 Å². The van der Waals surface area contributed by atoms with Gasteiger partial charge in [0.1, 0.15) is 0 Å². The van der Waals surface area contributed by atoms with Crippen LogP contribution in [-0.4, -0.2) is 54.7 Å². The number of para-hydroxylation sites is 1. The molecule has 2 amide bonds. The third-order valence-corrected chi connectivity index (χ3v) is 5.01. The molecule has 3 rings (SSSR count). The van der Waals surface area contributed by atoms with Gasteiger partial charge in [-0.05, 0) is 37.3 Å². The highest BCUT2D eigenvalue weighted by molar-refractivity contribution is 5.77. The zero-order valence-corrected chi connectivity index (χ0v) is 13.9. The van der Waals surface area contributed by atoms with Gasteiger partial charge >= 0.3 is 12.0 Å². The molecule has 130 valence electrons. The number of carbonyl (C=O) groups excluding carboxylic acids is 1. The van der Waals surface area contributed by atoms with Crippen molar-refractivity contribution in [2.45, 2.75) is 19.3 Å². The zero-order chi connectivity index (χ0) is 16.9. The maximum atomic E-state index is 12.2. The molecule has 6 nitrogen and oxygen atoms in total. The number of hydrogen-bond acceptors (Lipinski definition) is 3. The van der Waals surface area contributed by atoms with Crippen LogP contribution < -0.4 is 10.2 Å². The van der Waals surface area contributed by atoms with Crippen LogP contribution in [0.4, 0.5) is 10.5 Å². The van der Waals surface area contributed by atoms with Gasteiger partial charge in [-0.1, -0.05) is 18.2 Å². The van der Waals surface area contributed by atoms with E-state index in [0.717, 1.165) is 25.9 Å². The molecular weight excluding hydrogens is 306 g/mol. The number of nitrogens with zero attached hydrogens (tertiary/aromatic N) is 2. The fraction of sp³-hybridized carbons (Fsp3) is 0.556. The van der Waals surface area contributed by atoms with E-state index in [2.05, 4.69) is 22.3 Å². The lowest BCUT2D eigenvalue weighted by atomic mass is 9.97. The topological polar surface area (TPSA) is 72.9 Å². The number of nitrogens with one attached hydrogen (secondary N) is 1. The smallest absolute Gasteiger partial charge is 0.317 e. The monoisotopic (exact) mass is 331 g/mol. The molecule has 2 heterocycles. The first-order chi connectivity index (χ1) is 11.6. The average Bonchev–Trinajstić information content (AvgIpc) is 3.11. The third-order valence-electron chi connectivity index (χ3n) is 5.01. The van der Waals surface area contributed by atoms with Gasteiger partial charge in [0.15, 0.2) is 0 Å². The Morgan fingerprint density at radius 1 is 1.12 bits per heavy atom. The van der Waals surface area contributed by atoms with E-state index in [4.69, 9.17) is 5.11 Å². The molecule has 2 N–H and O–H groups in total. The summed E-state index contributed by atoms with van der Waals surface area (Å²) in [5, 5.41) is 12.0. The Balaban J connectivity index is 1.46. The normalized spacial score (nSPS) is 24.0. The van der Waals surface area contributed by atoms with Gasteiger partial charge in [-0.3, -0.25) is 4.79 Å². The Labute approximate surface area is 142 Å². The van der Waals surface area contributed by atoms with Crippen molar-refractivity contribution < 1.29 is 14.7 Å². The van der Waals surface area contributed by atoms with Crippen molar-refractivity contribution in [2.75, 3.05) is 37.6 Å². The van der Waals surface area contributed by atoms with E-state index in [9.17, 15) is 9.59 Å². The number of carbonyl (C=O) groups is 2. The quantitative estimate of drug-likeness (QED) is 0.885. The second-order valence-corrected chi connectivity index (χ2v) is 6.75. The lowest BCUT2D eigenvalue weighted by Gasteiger charge is -2.34. The fourth-order valence-corrected chi connectivity index (χ4v) is 3.59. The molecule has 1 aromatic carbocycles. The van der Waals surface area contributed by atoms with E-state index in [-0.39, 0.29) is 6.03 Å². The summed E-state index contributed by atoms with van der Waals surface area (Å²) in [6, 6.07) is 10.2. The van der Waals surface area contributed by atoms with Crippen LogP contribution in [0.1, 0.15) is 19.3 Å². The van der Waals surface area contributed by atoms with Gasteiger partial charge in [0.25, 0.3) is 0 Å². The summed E-state index contributed by atoms with van der Waals surface area (Å²) in [4.78, 5) is 27.2. The first-order valence-corrected chi connectivity index (χ1v) is 8.69. The average molecular weight is 331 g/mol. The van der Waals surface area contributed by atoms with Crippen molar-refractivity contribution in [1.29, 1.82) is 0 Å². The molecule has 0 saturated carbocycles. The first-order valence-electron chi connectivity index (χ1n) is 8.69. The summed E-state index contributed by atoms with van der Waals surface area (Å²) >= 11 is 0. The molecule has 2 fully saturated rings. The van der Waals surface area contributed by atoms with Gasteiger partial charge in [0.2, 0.25) is 0 Å². The van der Waals surface area contributed by atoms with Crippen LogP contribution in [0.5, 0.6) is 0 Å². The number of likely N-dealkylation sites (tertiary alicyclic amines) is 1. The minimum atomic E-state index is -0.809. The van der Waals surface area contributed by atoms with Gasteiger partial charge in [-0.25, -0.2) is 4.79 Å². The molecule has 0 radical (unpaired) electrons. The number of aliphatic carboxylic acids is 1. The maximum absolute atomic E-state index is 12.2. The summed E-state index contributed by atoms with van der Waals surface area (Å²) in [6.45, 7) is 3.50. The van der Waals surface area contributed by atoms with Crippen LogP contribution in [0, 0.1) is 11.8 Å². The minimum absolute atomic E-state index is 0.129. The Bertz CT molecular complexity index is 578. The third kappa shape index (κ3) is 3.99. The first kappa shape index (κ1) is 16.6. The maximum Gasteiger partial charge on any atom is 0.317 e. The molecule has 0 bridgehead atoms. The minimum Gasteiger partial charge on any atom is -0.481 e. The number of rotatable bonds is 4. The molecule has 2 atom stereocenters. The van der Waals surface area contributed by atoms with Crippen molar-refractivity contribution in [3.8, 4) is 0 Å². The van der Waals surface area contributed by atoms with Crippen molar-refractivity contribution in [1.82, 2.24) is 10.2 Å². The molecule has 0 aromatic heterocycles. The number of hydrogen-bond donors (Lipinski definition) is 2. The SMILES string of the molecule is O=C(O)C1CCN(C(=O)NCC2CCCN(c3ccccc3)C2)C1. The van der Waals surface area contributed by atoms with Crippen LogP contribution in [0.15, 0.2) is 30.3 Å². The van der Waals surface area contributed by atoms with Crippen LogP contribution >= 0.6 is 0 Å². The molecule has 2 saturated heterocycles. The zero-order valence-electron chi connectivity index (χ0n) is 13.9.